The summed E-state index contributed by atoms with van der Waals surface area (Å²) in [5.41, 5.74) is 0.756. The van der Waals surface area contributed by atoms with Crippen LogP contribution in [0.4, 0.5) is 4.79 Å². The molecule has 0 unspecified atom stereocenters. The Labute approximate surface area is 98.9 Å². The summed E-state index contributed by atoms with van der Waals surface area (Å²) >= 11 is 9.14. The van der Waals surface area contributed by atoms with Crippen molar-refractivity contribution in [2.45, 2.75) is 4.43 Å². The van der Waals surface area contributed by atoms with E-state index in [1.54, 1.807) is 18.2 Å². The molecule has 0 atom stereocenters. The number of carbonyl (C=O) groups is 1. The van der Waals surface area contributed by atoms with Crippen LogP contribution in [0.2, 0.25) is 10.0 Å². The molecule has 0 aliphatic carbocycles. The maximum absolute atomic E-state index is 10.6. The van der Waals surface area contributed by atoms with Gasteiger partial charge in [0.2, 0.25) is 0 Å². The van der Waals surface area contributed by atoms with Crippen LogP contribution in [0.25, 0.3) is 0 Å². The van der Waals surface area contributed by atoms with E-state index in [4.69, 9.17) is 32.3 Å². The molecular weight excluding hydrogens is 340 g/mol. The number of hydrogen-bond acceptors (Lipinski definition) is 2. The van der Waals surface area contributed by atoms with Crippen LogP contribution in [0.3, 0.4) is 0 Å². The van der Waals surface area contributed by atoms with Gasteiger partial charge in [-0.25, -0.2) is 0 Å². The molecule has 0 aliphatic rings. The Bertz CT molecular complexity index is 359. The fourth-order valence-electron chi connectivity index (χ4n) is 0.842. The van der Waals surface area contributed by atoms with Gasteiger partial charge >= 0.3 is 99.4 Å². The molecule has 0 radical (unpaired) electrons. The van der Waals surface area contributed by atoms with Crippen molar-refractivity contribution in [1.82, 2.24) is 0 Å². The Hall–Kier alpha value is -0.0400. The molecule has 0 aromatic heterocycles. The molecule has 0 amide bonds. The fraction of sp³-hybridized carbons (Fsp3) is 0.125. The molecule has 3 N–H and O–H groups in total. The summed E-state index contributed by atoms with van der Waals surface area (Å²) in [6, 6.07) is 4.98. The number of benzene rings is 1. The molecule has 1 aromatic rings. The first kappa shape index (κ1) is 12.0. The topological polar surface area (TPSA) is 63.3 Å². The normalized spacial score (nSPS) is 11.2. The first-order chi connectivity index (χ1) is 6.50. The molecule has 78 valence electrons. The van der Waals surface area contributed by atoms with Gasteiger partial charge in [0.1, 0.15) is 0 Å². The zero-order chi connectivity index (χ0) is 10.7. The number of halogens is 3. The summed E-state index contributed by atoms with van der Waals surface area (Å²) in [6.45, 7) is 0. The van der Waals surface area contributed by atoms with Crippen LogP contribution in [-0.2, 0) is 4.43 Å². The van der Waals surface area contributed by atoms with Gasteiger partial charge in [0.05, 0.1) is 0 Å². The van der Waals surface area contributed by atoms with Gasteiger partial charge in [0.15, 0.2) is 0 Å². The minimum atomic E-state index is -2.43. The summed E-state index contributed by atoms with van der Waals surface area (Å²) in [7, 11) is 0. The standard InChI is InChI=1S/C8H8Cl2INO2/c9-6-2-1-5(7(10)3-6)4-11(12)8(13)14/h1-3H,4,12H2,(H,13,14). The Kier molecular flexibility index (Phi) is 4.43. The zero-order valence-corrected chi connectivity index (χ0v) is 10.7. The van der Waals surface area contributed by atoms with Crippen molar-refractivity contribution in [2.75, 3.05) is 0 Å². The van der Waals surface area contributed by atoms with Gasteiger partial charge in [0.25, 0.3) is 0 Å². The van der Waals surface area contributed by atoms with Crippen LogP contribution < -0.4 is 3.95 Å². The van der Waals surface area contributed by atoms with Gasteiger partial charge in [-0.3, -0.25) is 0 Å². The Balaban J connectivity index is 2.82. The van der Waals surface area contributed by atoms with Gasteiger partial charge in [0, 0.05) is 0 Å². The van der Waals surface area contributed by atoms with Crippen LogP contribution in [0.15, 0.2) is 18.2 Å². The third kappa shape index (κ3) is 3.27. The van der Waals surface area contributed by atoms with E-state index in [1.165, 1.54) is 0 Å². The molecular formula is C8H8Cl2INO2. The second-order valence-electron chi connectivity index (χ2n) is 2.52. The number of hydrogen-bond donors (Lipinski definition) is 2. The SMILES string of the molecule is NI(Cc1ccc(Cl)cc1Cl)C(=O)O. The number of alkyl halides is 1. The van der Waals surface area contributed by atoms with E-state index in [0.717, 1.165) is 5.56 Å². The molecule has 14 heavy (non-hydrogen) atoms. The molecule has 6 heteroatoms. The second-order valence-corrected chi connectivity index (χ2v) is 7.32. The van der Waals surface area contributed by atoms with Crippen molar-refractivity contribution in [3.63, 3.8) is 0 Å². The van der Waals surface area contributed by atoms with Crippen molar-refractivity contribution in [2.24, 2.45) is 3.95 Å². The van der Waals surface area contributed by atoms with Crippen LogP contribution >= 0.6 is 43.3 Å². The van der Waals surface area contributed by atoms with Gasteiger partial charge in [-0.1, -0.05) is 0 Å². The van der Waals surface area contributed by atoms with E-state index < -0.39 is 24.1 Å². The van der Waals surface area contributed by atoms with Gasteiger partial charge < -0.3 is 0 Å². The number of nitrogens with two attached hydrogens (primary N) is 1. The Morgan fingerprint density at radius 3 is 2.64 bits per heavy atom. The fourth-order valence-corrected chi connectivity index (χ4v) is 3.42. The van der Waals surface area contributed by atoms with E-state index in [-0.39, 0.29) is 0 Å². The van der Waals surface area contributed by atoms with Crippen molar-refractivity contribution in [1.29, 1.82) is 0 Å². The van der Waals surface area contributed by atoms with Crippen LogP contribution in [-0.4, -0.2) is 9.08 Å². The second kappa shape index (κ2) is 5.16. The molecule has 0 spiro atoms. The molecule has 1 rings (SSSR count). The summed E-state index contributed by atoms with van der Waals surface area (Å²) in [5.74, 6) is 0. The molecule has 0 bridgehead atoms. The van der Waals surface area contributed by atoms with Crippen molar-refractivity contribution >= 4 is 47.3 Å². The van der Waals surface area contributed by atoms with E-state index in [0.29, 0.717) is 14.5 Å². The summed E-state index contributed by atoms with van der Waals surface area (Å²) in [6.07, 6.45) is 0. The quantitative estimate of drug-likeness (QED) is 0.380. The zero-order valence-electron chi connectivity index (χ0n) is 7.01. The van der Waals surface area contributed by atoms with E-state index in [2.05, 4.69) is 0 Å². The molecule has 0 saturated carbocycles. The van der Waals surface area contributed by atoms with Gasteiger partial charge in [-0.05, 0) is 0 Å². The van der Waals surface area contributed by atoms with Crippen molar-refractivity contribution < 1.29 is 9.90 Å². The third-order valence-corrected chi connectivity index (χ3v) is 4.93. The van der Waals surface area contributed by atoms with Crippen LogP contribution in [0.5, 0.6) is 0 Å². The summed E-state index contributed by atoms with van der Waals surface area (Å²) in [4.78, 5) is 10.6. The van der Waals surface area contributed by atoms with Gasteiger partial charge in [-0.2, -0.15) is 0 Å². The van der Waals surface area contributed by atoms with Gasteiger partial charge in [-0.15, -0.1) is 0 Å². The van der Waals surface area contributed by atoms with Crippen LogP contribution in [0.1, 0.15) is 5.56 Å². The molecule has 1 aromatic carbocycles. The average Bonchev–Trinajstić information content (AvgIpc) is 2.09. The first-order valence-electron chi connectivity index (χ1n) is 3.57. The molecule has 0 fully saturated rings. The average molecular weight is 348 g/mol. The molecule has 0 aliphatic heterocycles. The predicted octanol–water partition coefficient (Wildman–Crippen LogP) is 3.55. The number of carboxylic acid groups (broad SMARTS) is 1. The Morgan fingerprint density at radius 1 is 1.50 bits per heavy atom. The summed E-state index contributed by atoms with van der Waals surface area (Å²) < 4.78 is 4.99. The first-order valence-corrected chi connectivity index (χ1v) is 8.18. The van der Waals surface area contributed by atoms with Crippen molar-refractivity contribution in [3.05, 3.63) is 33.8 Å². The maximum atomic E-state index is 10.6. The predicted molar refractivity (Wildman–Crippen MR) is 66.4 cm³/mol. The summed E-state index contributed by atoms with van der Waals surface area (Å²) in [5, 5.41) is 9.68. The third-order valence-electron chi connectivity index (χ3n) is 1.51. The molecule has 3 nitrogen and oxygen atoms in total. The molecule has 0 heterocycles. The van der Waals surface area contributed by atoms with E-state index in [1.807, 2.05) is 0 Å². The van der Waals surface area contributed by atoms with E-state index >= 15 is 0 Å². The van der Waals surface area contributed by atoms with Crippen molar-refractivity contribution in [3.8, 4) is 0 Å². The van der Waals surface area contributed by atoms with Crippen LogP contribution in [0, 0.1) is 0 Å². The van der Waals surface area contributed by atoms with E-state index in [9.17, 15) is 4.79 Å². The minimum absolute atomic E-state index is 0.356. The molecule has 0 saturated heterocycles. The monoisotopic (exact) mass is 347 g/mol. The Morgan fingerprint density at radius 2 is 2.14 bits per heavy atom. The number of rotatable bonds is 3.